The lowest BCUT2D eigenvalue weighted by Gasteiger charge is -2.48. The minimum atomic E-state index is 0.0357. The van der Waals surface area contributed by atoms with Crippen molar-refractivity contribution in [3.8, 4) is 0 Å². The van der Waals surface area contributed by atoms with Crippen LogP contribution < -0.4 is 16.0 Å². The highest BCUT2D eigenvalue weighted by Gasteiger charge is 2.49. The van der Waals surface area contributed by atoms with Crippen LogP contribution in [0.15, 0.2) is 33.7 Å². The predicted molar refractivity (Wildman–Crippen MR) is 87.1 cm³/mol. The van der Waals surface area contributed by atoms with Crippen molar-refractivity contribution >= 4 is 27.6 Å². The number of halogens is 1. The second kappa shape index (κ2) is 5.37. The first-order chi connectivity index (χ1) is 9.69. The standard InChI is InChI=1S/C15H21BrN4/c1-2-11-9-18-8-7-15(11)10-19-14(17)20(15)13-6-4-3-5-12(13)16/h3-6,11,18H,2,7-10H2,1H3,(H2,17,19). The summed E-state index contributed by atoms with van der Waals surface area (Å²) in [6, 6.07) is 8.27. The van der Waals surface area contributed by atoms with Crippen molar-refractivity contribution in [1.29, 1.82) is 0 Å². The first-order valence-electron chi connectivity index (χ1n) is 7.24. The number of para-hydroxylation sites is 1. The van der Waals surface area contributed by atoms with Crippen LogP contribution in [0.25, 0.3) is 0 Å². The highest BCUT2D eigenvalue weighted by Crippen LogP contribution is 2.42. The average molecular weight is 337 g/mol. The van der Waals surface area contributed by atoms with E-state index in [-0.39, 0.29) is 5.54 Å². The molecule has 1 saturated heterocycles. The number of hydrogen-bond donors (Lipinski definition) is 2. The van der Waals surface area contributed by atoms with Crippen LogP contribution in [0.1, 0.15) is 19.8 Å². The molecule has 0 bridgehead atoms. The van der Waals surface area contributed by atoms with E-state index in [0.29, 0.717) is 11.9 Å². The van der Waals surface area contributed by atoms with E-state index in [9.17, 15) is 0 Å². The fourth-order valence-electron chi connectivity index (χ4n) is 3.59. The maximum Gasteiger partial charge on any atom is 0.196 e. The quantitative estimate of drug-likeness (QED) is 0.871. The van der Waals surface area contributed by atoms with E-state index >= 15 is 0 Å². The lowest BCUT2D eigenvalue weighted by Crippen LogP contribution is -2.62. The lowest BCUT2D eigenvalue weighted by atomic mass is 9.76. The minimum Gasteiger partial charge on any atom is -0.369 e. The molecule has 0 radical (unpaired) electrons. The number of guanidine groups is 1. The Morgan fingerprint density at radius 1 is 1.50 bits per heavy atom. The molecule has 20 heavy (non-hydrogen) atoms. The van der Waals surface area contributed by atoms with E-state index in [0.717, 1.165) is 42.6 Å². The summed E-state index contributed by atoms with van der Waals surface area (Å²) in [6.07, 6.45) is 2.22. The molecule has 1 fully saturated rings. The topological polar surface area (TPSA) is 53.6 Å². The molecule has 3 rings (SSSR count). The SMILES string of the molecule is CCC1CNCCC12CN=C(N)N2c1ccccc1Br. The molecular formula is C15H21BrN4. The summed E-state index contributed by atoms with van der Waals surface area (Å²) in [4.78, 5) is 6.85. The van der Waals surface area contributed by atoms with Crippen LogP contribution in [0.5, 0.6) is 0 Å². The Morgan fingerprint density at radius 2 is 2.30 bits per heavy atom. The molecule has 108 valence electrons. The number of aliphatic imine (C=N–C) groups is 1. The molecule has 1 spiro atoms. The van der Waals surface area contributed by atoms with Crippen LogP contribution in [0.2, 0.25) is 0 Å². The van der Waals surface area contributed by atoms with Gasteiger partial charge in [0.05, 0.1) is 17.8 Å². The Balaban J connectivity index is 2.06. The third kappa shape index (κ3) is 2.04. The molecule has 2 unspecified atom stereocenters. The van der Waals surface area contributed by atoms with E-state index in [1.807, 2.05) is 6.07 Å². The second-order valence-electron chi connectivity index (χ2n) is 5.62. The number of nitrogens with zero attached hydrogens (tertiary/aromatic N) is 2. The third-order valence-electron chi connectivity index (χ3n) is 4.66. The van der Waals surface area contributed by atoms with Gasteiger partial charge in [0.15, 0.2) is 5.96 Å². The number of nitrogens with two attached hydrogens (primary N) is 1. The Bertz CT molecular complexity index is 530. The predicted octanol–water partition coefficient (Wildman–Crippen LogP) is 2.34. The first kappa shape index (κ1) is 13.9. The van der Waals surface area contributed by atoms with Crippen LogP contribution in [0.4, 0.5) is 5.69 Å². The maximum absolute atomic E-state index is 6.24. The fraction of sp³-hybridized carbons (Fsp3) is 0.533. The Hall–Kier alpha value is -1.07. The summed E-state index contributed by atoms with van der Waals surface area (Å²) in [5, 5.41) is 3.51. The van der Waals surface area contributed by atoms with E-state index in [4.69, 9.17) is 5.73 Å². The minimum absolute atomic E-state index is 0.0357. The van der Waals surface area contributed by atoms with Crippen molar-refractivity contribution in [3.05, 3.63) is 28.7 Å². The Labute approximate surface area is 128 Å². The van der Waals surface area contributed by atoms with Gasteiger partial charge in [-0.3, -0.25) is 4.99 Å². The molecule has 0 aliphatic carbocycles. The van der Waals surface area contributed by atoms with E-state index in [2.05, 4.69) is 56.3 Å². The lowest BCUT2D eigenvalue weighted by molar-refractivity contribution is 0.216. The molecule has 2 aliphatic heterocycles. The maximum atomic E-state index is 6.24. The van der Waals surface area contributed by atoms with Gasteiger partial charge in [-0.15, -0.1) is 0 Å². The molecule has 1 aromatic rings. The number of benzene rings is 1. The fourth-order valence-corrected chi connectivity index (χ4v) is 4.05. The normalized spacial score (nSPS) is 29.8. The summed E-state index contributed by atoms with van der Waals surface area (Å²) >= 11 is 3.66. The molecule has 4 nitrogen and oxygen atoms in total. The summed E-state index contributed by atoms with van der Waals surface area (Å²) < 4.78 is 1.08. The van der Waals surface area contributed by atoms with Gasteiger partial charge < -0.3 is 16.0 Å². The van der Waals surface area contributed by atoms with Gasteiger partial charge in [0, 0.05) is 11.0 Å². The second-order valence-corrected chi connectivity index (χ2v) is 6.48. The molecular weight excluding hydrogens is 316 g/mol. The van der Waals surface area contributed by atoms with Crippen molar-refractivity contribution in [2.45, 2.75) is 25.3 Å². The van der Waals surface area contributed by atoms with Gasteiger partial charge in [0.1, 0.15) is 0 Å². The van der Waals surface area contributed by atoms with Crippen molar-refractivity contribution < 1.29 is 0 Å². The molecule has 0 saturated carbocycles. The third-order valence-corrected chi connectivity index (χ3v) is 5.33. The number of piperidine rings is 1. The van der Waals surface area contributed by atoms with Crippen molar-refractivity contribution in [3.63, 3.8) is 0 Å². The van der Waals surface area contributed by atoms with Gasteiger partial charge in [-0.05, 0) is 53.4 Å². The van der Waals surface area contributed by atoms with Gasteiger partial charge >= 0.3 is 0 Å². The average Bonchev–Trinajstić information content (AvgIpc) is 2.78. The first-order valence-corrected chi connectivity index (χ1v) is 8.04. The largest absolute Gasteiger partial charge is 0.369 e. The van der Waals surface area contributed by atoms with Crippen LogP contribution in [-0.4, -0.2) is 31.1 Å². The molecule has 1 aromatic carbocycles. The van der Waals surface area contributed by atoms with Crippen LogP contribution >= 0.6 is 15.9 Å². The molecule has 3 N–H and O–H groups in total. The van der Waals surface area contributed by atoms with Crippen molar-refractivity contribution in [1.82, 2.24) is 5.32 Å². The van der Waals surface area contributed by atoms with Gasteiger partial charge in [-0.1, -0.05) is 19.1 Å². The zero-order chi connectivity index (χ0) is 14.2. The van der Waals surface area contributed by atoms with Crippen molar-refractivity contribution in [2.24, 2.45) is 16.6 Å². The van der Waals surface area contributed by atoms with Crippen LogP contribution in [0, 0.1) is 5.92 Å². The van der Waals surface area contributed by atoms with Gasteiger partial charge in [-0.25, -0.2) is 0 Å². The molecule has 0 amide bonds. The summed E-state index contributed by atoms with van der Waals surface area (Å²) in [5.41, 5.74) is 7.40. The van der Waals surface area contributed by atoms with Crippen molar-refractivity contribution in [2.75, 3.05) is 24.5 Å². The molecule has 2 heterocycles. The van der Waals surface area contributed by atoms with Crippen LogP contribution in [0.3, 0.4) is 0 Å². The Kier molecular flexibility index (Phi) is 3.73. The highest BCUT2D eigenvalue weighted by atomic mass is 79.9. The Morgan fingerprint density at radius 3 is 3.05 bits per heavy atom. The summed E-state index contributed by atoms with van der Waals surface area (Å²) in [7, 11) is 0. The zero-order valence-corrected chi connectivity index (χ0v) is 13.4. The molecule has 5 heteroatoms. The molecule has 0 aromatic heterocycles. The van der Waals surface area contributed by atoms with Crippen LogP contribution in [-0.2, 0) is 0 Å². The van der Waals surface area contributed by atoms with Gasteiger partial charge in [0.2, 0.25) is 0 Å². The number of anilines is 1. The number of rotatable bonds is 2. The zero-order valence-electron chi connectivity index (χ0n) is 11.8. The van der Waals surface area contributed by atoms with E-state index in [1.54, 1.807) is 0 Å². The highest BCUT2D eigenvalue weighted by molar-refractivity contribution is 9.10. The van der Waals surface area contributed by atoms with Gasteiger partial charge in [0.25, 0.3) is 0 Å². The van der Waals surface area contributed by atoms with E-state index in [1.165, 1.54) is 0 Å². The monoisotopic (exact) mass is 336 g/mol. The van der Waals surface area contributed by atoms with E-state index < -0.39 is 0 Å². The number of nitrogens with one attached hydrogen (secondary N) is 1. The smallest absolute Gasteiger partial charge is 0.196 e. The summed E-state index contributed by atoms with van der Waals surface area (Å²) in [5.74, 6) is 1.21. The molecule has 2 aliphatic rings. The van der Waals surface area contributed by atoms with Gasteiger partial charge in [-0.2, -0.15) is 0 Å². The molecule has 2 atom stereocenters. The summed E-state index contributed by atoms with van der Waals surface area (Å²) in [6.45, 7) is 5.13. The number of hydrogen-bond acceptors (Lipinski definition) is 4.